The lowest BCUT2D eigenvalue weighted by Crippen LogP contribution is -2.50. The van der Waals surface area contributed by atoms with Crippen LogP contribution in [0.2, 0.25) is 0 Å². The summed E-state index contributed by atoms with van der Waals surface area (Å²) >= 11 is 0. The molecule has 2 fully saturated rings. The number of carbonyl (C=O) groups is 2. The van der Waals surface area contributed by atoms with E-state index in [1.54, 1.807) is 4.90 Å². The summed E-state index contributed by atoms with van der Waals surface area (Å²) < 4.78 is 10.3. The molecule has 3 heterocycles. The van der Waals surface area contributed by atoms with Gasteiger partial charge in [0.1, 0.15) is 5.60 Å². The second kappa shape index (κ2) is 8.69. The molecular formula is C22H33N3O4. The number of esters is 1. The number of ether oxygens (including phenoxy) is 2. The van der Waals surface area contributed by atoms with Crippen LogP contribution in [0.3, 0.4) is 0 Å². The number of hydrogen-bond acceptors (Lipinski definition) is 6. The maximum Gasteiger partial charge on any atom is 0.410 e. The van der Waals surface area contributed by atoms with Crippen molar-refractivity contribution in [3.05, 3.63) is 29.1 Å². The molecule has 0 spiro atoms. The summed E-state index contributed by atoms with van der Waals surface area (Å²) in [7, 11) is 1.46. The highest BCUT2D eigenvalue weighted by Crippen LogP contribution is 2.30. The molecular weight excluding hydrogens is 370 g/mol. The summed E-state index contributed by atoms with van der Waals surface area (Å²) in [6.45, 7) is 11.7. The molecule has 0 aromatic carbocycles. The Morgan fingerprint density at radius 1 is 1.21 bits per heavy atom. The van der Waals surface area contributed by atoms with Gasteiger partial charge in [0.2, 0.25) is 0 Å². The van der Waals surface area contributed by atoms with Gasteiger partial charge in [0, 0.05) is 37.4 Å². The van der Waals surface area contributed by atoms with Crippen LogP contribution in [0, 0.1) is 12.8 Å². The van der Waals surface area contributed by atoms with Crippen molar-refractivity contribution in [2.24, 2.45) is 5.92 Å². The van der Waals surface area contributed by atoms with Crippen LogP contribution in [0.15, 0.2) is 12.3 Å². The van der Waals surface area contributed by atoms with Gasteiger partial charge in [-0.05, 0) is 64.8 Å². The molecule has 1 aromatic heterocycles. The summed E-state index contributed by atoms with van der Waals surface area (Å²) in [5, 5.41) is 0. The predicted octanol–water partition coefficient (Wildman–Crippen LogP) is 3.11. The third-order valence-corrected chi connectivity index (χ3v) is 5.62. The maximum atomic E-state index is 12.1. The van der Waals surface area contributed by atoms with Crippen LogP contribution in [0.1, 0.15) is 56.4 Å². The largest absolute Gasteiger partial charge is 0.469 e. The van der Waals surface area contributed by atoms with Gasteiger partial charge in [0.25, 0.3) is 0 Å². The molecule has 2 aliphatic heterocycles. The molecule has 0 bridgehead atoms. The average Bonchev–Trinajstić information content (AvgIpc) is 2.60. The van der Waals surface area contributed by atoms with Crippen molar-refractivity contribution < 1.29 is 19.1 Å². The van der Waals surface area contributed by atoms with Gasteiger partial charge in [0.15, 0.2) is 0 Å². The van der Waals surface area contributed by atoms with Crippen LogP contribution in [0.25, 0.3) is 0 Å². The molecule has 3 rings (SSSR count). The van der Waals surface area contributed by atoms with Gasteiger partial charge >= 0.3 is 12.1 Å². The number of likely N-dealkylation sites (tertiary alicyclic amines) is 2. The lowest BCUT2D eigenvalue weighted by molar-refractivity contribution is -0.147. The second-order valence-corrected chi connectivity index (χ2v) is 9.20. The Labute approximate surface area is 173 Å². The highest BCUT2D eigenvalue weighted by Gasteiger charge is 2.36. The van der Waals surface area contributed by atoms with E-state index >= 15 is 0 Å². The van der Waals surface area contributed by atoms with Crippen LogP contribution >= 0.6 is 0 Å². The van der Waals surface area contributed by atoms with Crippen molar-refractivity contribution in [1.29, 1.82) is 0 Å². The third kappa shape index (κ3) is 5.47. The molecule has 0 atom stereocenters. The Bertz CT molecular complexity index is 745. The number of nitrogens with zero attached hydrogens (tertiary/aromatic N) is 3. The number of methoxy groups -OCH3 is 1. The molecule has 1 amide bonds. The molecule has 1 aromatic rings. The van der Waals surface area contributed by atoms with Gasteiger partial charge in [-0.2, -0.15) is 0 Å². The number of aromatic nitrogens is 1. The third-order valence-electron chi connectivity index (χ3n) is 5.62. The van der Waals surface area contributed by atoms with Gasteiger partial charge in [0.05, 0.1) is 13.0 Å². The van der Waals surface area contributed by atoms with E-state index in [2.05, 4.69) is 17.9 Å². The van der Waals surface area contributed by atoms with E-state index in [0.29, 0.717) is 13.1 Å². The van der Waals surface area contributed by atoms with Crippen molar-refractivity contribution in [2.75, 3.05) is 33.3 Å². The number of piperidine rings is 1. The standard InChI is InChI=1S/C22H33N3O4/c1-15-10-16(12-24-8-6-17(7-9-24)20(26)28-5)11-23-19(15)18-13-25(14-18)21(27)29-22(2,3)4/h10-11,17-18H,6-9,12-14H2,1-5H3. The minimum atomic E-state index is -0.469. The van der Waals surface area contributed by atoms with E-state index in [-0.39, 0.29) is 23.9 Å². The normalized spacial score (nSPS) is 19.0. The second-order valence-electron chi connectivity index (χ2n) is 9.20. The van der Waals surface area contributed by atoms with Crippen molar-refractivity contribution in [2.45, 2.75) is 58.6 Å². The van der Waals surface area contributed by atoms with Gasteiger partial charge in [-0.1, -0.05) is 6.07 Å². The number of aryl methyl sites for hydroxylation is 1. The van der Waals surface area contributed by atoms with Crippen LogP contribution in [-0.2, 0) is 20.8 Å². The first kappa shape index (κ1) is 21.6. The molecule has 2 saturated heterocycles. The van der Waals surface area contributed by atoms with E-state index in [4.69, 9.17) is 14.5 Å². The number of pyridine rings is 1. The molecule has 7 heteroatoms. The minimum absolute atomic E-state index is 0.0324. The lowest BCUT2D eigenvalue weighted by atomic mass is 9.92. The Morgan fingerprint density at radius 3 is 2.41 bits per heavy atom. The Balaban J connectivity index is 1.50. The number of amides is 1. The smallest absolute Gasteiger partial charge is 0.410 e. The van der Waals surface area contributed by atoms with Crippen LogP contribution in [0.5, 0.6) is 0 Å². The molecule has 29 heavy (non-hydrogen) atoms. The zero-order chi connectivity index (χ0) is 21.2. The highest BCUT2D eigenvalue weighted by atomic mass is 16.6. The zero-order valence-electron chi connectivity index (χ0n) is 18.2. The molecule has 7 nitrogen and oxygen atoms in total. The van der Waals surface area contributed by atoms with Crippen molar-refractivity contribution in [1.82, 2.24) is 14.8 Å². The average molecular weight is 404 g/mol. The fraction of sp³-hybridized carbons (Fsp3) is 0.682. The van der Waals surface area contributed by atoms with E-state index in [9.17, 15) is 9.59 Å². The maximum absolute atomic E-state index is 12.1. The Kier molecular flexibility index (Phi) is 6.46. The first-order valence-electron chi connectivity index (χ1n) is 10.4. The van der Waals surface area contributed by atoms with Crippen molar-refractivity contribution >= 4 is 12.1 Å². The van der Waals surface area contributed by atoms with Crippen LogP contribution < -0.4 is 0 Å². The minimum Gasteiger partial charge on any atom is -0.469 e. The summed E-state index contributed by atoms with van der Waals surface area (Å²) in [5.41, 5.74) is 2.95. The fourth-order valence-electron chi connectivity index (χ4n) is 4.04. The summed E-state index contributed by atoms with van der Waals surface area (Å²) in [5.74, 6) is 0.213. The van der Waals surface area contributed by atoms with Crippen molar-refractivity contribution in [3.63, 3.8) is 0 Å². The highest BCUT2D eigenvalue weighted by molar-refractivity contribution is 5.72. The fourth-order valence-corrected chi connectivity index (χ4v) is 4.04. The van der Waals surface area contributed by atoms with E-state index in [0.717, 1.165) is 38.2 Å². The molecule has 0 N–H and O–H groups in total. The summed E-state index contributed by atoms with van der Waals surface area (Å²) in [4.78, 5) is 32.6. The molecule has 2 aliphatic rings. The quantitative estimate of drug-likeness (QED) is 0.720. The van der Waals surface area contributed by atoms with Gasteiger partial charge in [-0.15, -0.1) is 0 Å². The van der Waals surface area contributed by atoms with Gasteiger partial charge in [-0.25, -0.2) is 4.79 Å². The van der Waals surface area contributed by atoms with E-state index < -0.39 is 5.60 Å². The molecule has 0 aliphatic carbocycles. The van der Waals surface area contributed by atoms with Crippen LogP contribution in [-0.4, -0.2) is 65.7 Å². The lowest BCUT2D eigenvalue weighted by Gasteiger charge is -2.40. The number of hydrogen-bond donors (Lipinski definition) is 0. The molecule has 160 valence electrons. The molecule has 0 radical (unpaired) electrons. The Morgan fingerprint density at radius 2 is 1.86 bits per heavy atom. The first-order chi connectivity index (χ1) is 13.7. The van der Waals surface area contributed by atoms with E-state index in [1.165, 1.54) is 18.2 Å². The summed E-state index contributed by atoms with van der Waals surface area (Å²) in [6.07, 6.45) is 3.39. The summed E-state index contributed by atoms with van der Waals surface area (Å²) in [6, 6.07) is 2.20. The first-order valence-corrected chi connectivity index (χ1v) is 10.4. The Hall–Kier alpha value is -2.15. The predicted molar refractivity (Wildman–Crippen MR) is 110 cm³/mol. The van der Waals surface area contributed by atoms with E-state index in [1.807, 2.05) is 27.0 Å². The zero-order valence-corrected chi connectivity index (χ0v) is 18.2. The topological polar surface area (TPSA) is 72.0 Å². The molecule has 0 saturated carbocycles. The van der Waals surface area contributed by atoms with Gasteiger partial charge in [-0.3, -0.25) is 14.7 Å². The SMILES string of the molecule is COC(=O)C1CCN(Cc2cnc(C3CN(C(=O)OC(C)(C)C)C3)c(C)c2)CC1. The number of carbonyl (C=O) groups excluding carboxylic acids is 2. The molecule has 0 unspecified atom stereocenters. The monoisotopic (exact) mass is 403 g/mol. The van der Waals surface area contributed by atoms with Gasteiger partial charge < -0.3 is 14.4 Å². The van der Waals surface area contributed by atoms with Crippen molar-refractivity contribution in [3.8, 4) is 0 Å². The van der Waals surface area contributed by atoms with Crippen LogP contribution in [0.4, 0.5) is 4.79 Å². The number of rotatable bonds is 4.